The normalized spacial score (nSPS) is 24.1. The topological polar surface area (TPSA) is 20.3 Å². The summed E-state index contributed by atoms with van der Waals surface area (Å²) in [5.74, 6) is 0.758. The van der Waals surface area contributed by atoms with Crippen LogP contribution in [0.5, 0.6) is 0 Å². The van der Waals surface area contributed by atoms with Gasteiger partial charge in [-0.05, 0) is 50.8 Å². The highest BCUT2D eigenvalue weighted by atomic mass is 35.5. The fourth-order valence-corrected chi connectivity index (χ4v) is 2.87. The fourth-order valence-electron chi connectivity index (χ4n) is 2.58. The molecule has 1 aromatic rings. The number of ketones is 1. The van der Waals surface area contributed by atoms with Crippen LogP contribution in [0.4, 0.5) is 5.69 Å². The van der Waals surface area contributed by atoms with Crippen LogP contribution < -0.4 is 4.90 Å². The fraction of sp³-hybridized carbons (Fsp3) is 0.533. The zero-order chi connectivity index (χ0) is 13.3. The largest absolute Gasteiger partial charge is 0.367 e. The van der Waals surface area contributed by atoms with Crippen LogP contribution in [0.2, 0.25) is 5.02 Å². The monoisotopic (exact) mass is 265 g/mol. The second kappa shape index (κ2) is 5.31. The Morgan fingerprint density at radius 3 is 2.67 bits per heavy atom. The van der Waals surface area contributed by atoms with E-state index >= 15 is 0 Å². The molecule has 3 heteroatoms. The van der Waals surface area contributed by atoms with E-state index in [1.165, 1.54) is 12.8 Å². The molecule has 18 heavy (non-hydrogen) atoms. The van der Waals surface area contributed by atoms with E-state index in [2.05, 4.69) is 18.7 Å². The molecule has 1 aromatic carbocycles. The molecule has 1 aliphatic heterocycles. The van der Waals surface area contributed by atoms with Gasteiger partial charge in [-0.2, -0.15) is 0 Å². The maximum Gasteiger partial charge on any atom is 0.159 e. The summed E-state index contributed by atoms with van der Waals surface area (Å²) in [6.07, 6.45) is 2.48. The van der Waals surface area contributed by atoms with E-state index in [0.29, 0.717) is 22.5 Å². The molecule has 2 unspecified atom stereocenters. The van der Waals surface area contributed by atoms with Gasteiger partial charge in [0.05, 0.1) is 10.7 Å². The van der Waals surface area contributed by atoms with Crippen LogP contribution in [0, 0.1) is 5.92 Å². The summed E-state index contributed by atoms with van der Waals surface area (Å²) >= 11 is 6.33. The highest BCUT2D eigenvalue weighted by molar-refractivity contribution is 6.33. The molecular formula is C15H20ClNO. The van der Waals surface area contributed by atoms with E-state index in [4.69, 9.17) is 11.6 Å². The number of hydrogen-bond donors (Lipinski definition) is 0. The lowest BCUT2D eigenvalue weighted by Gasteiger charge is -2.39. The Labute approximate surface area is 114 Å². The van der Waals surface area contributed by atoms with Crippen LogP contribution in [0.15, 0.2) is 18.2 Å². The van der Waals surface area contributed by atoms with Crippen molar-refractivity contribution >= 4 is 23.1 Å². The number of halogens is 1. The first-order valence-corrected chi connectivity index (χ1v) is 6.94. The first-order valence-electron chi connectivity index (χ1n) is 6.56. The van der Waals surface area contributed by atoms with Crippen molar-refractivity contribution in [3.05, 3.63) is 28.8 Å². The summed E-state index contributed by atoms with van der Waals surface area (Å²) in [7, 11) is 0. The second-order valence-corrected chi connectivity index (χ2v) is 5.81. The Hall–Kier alpha value is -1.02. The molecule has 0 spiro atoms. The molecule has 2 atom stereocenters. The average molecular weight is 266 g/mol. The molecule has 1 fully saturated rings. The van der Waals surface area contributed by atoms with Crippen molar-refractivity contribution in [2.75, 3.05) is 11.4 Å². The van der Waals surface area contributed by atoms with Gasteiger partial charge in [0.15, 0.2) is 5.78 Å². The van der Waals surface area contributed by atoms with E-state index in [-0.39, 0.29) is 5.78 Å². The Balaban J connectivity index is 2.30. The third-order valence-electron chi connectivity index (χ3n) is 3.78. The average Bonchev–Trinajstić information content (AvgIpc) is 2.32. The predicted octanol–water partition coefficient (Wildman–Crippen LogP) is 4.17. The Kier molecular flexibility index (Phi) is 3.96. The highest BCUT2D eigenvalue weighted by Gasteiger charge is 2.24. The second-order valence-electron chi connectivity index (χ2n) is 5.41. The summed E-state index contributed by atoms with van der Waals surface area (Å²) in [6.45, 7) is 7.12. The molecule has 0 aromatic heterocycles. The van der Waals surface area contributed by atoms with E-state index in [1.54, 1.807) is 13.0 Å². The molecule has 1 saturated heterocycles. The van der Waals surface area contributed by atoms with E-state index in [1.807, 2.05) is 12.1 Å². The molecule has 2 rings (SSSR count). The van der Waals surface area contributed by atoms with E-state index in [0.717, 1.165) is 12.2 Å². The SMILES string of the molecule is CC(=O)c1ccc(N2CC(C)CCC2C)c(Cl)c1. The van der Waals surface area contributed by atoms with E-state index < -0.39 is 0 Å². The molecule has 0 amide bonds. The molecule has 1 heterocycles. The first-order chi connectivity index (χ1) is 8.49. The van der Waals surface area contributed by atoms with Crippen molar-refractivity contribution in [2.45, 2.75) is 39.7 Å². The van der Waals surface area contributed by atoms with Gasteiger partial charge >= 0.3 is 0 Å². The Bertz CT molecular complexity index is 458. The van der Waals surface area contributed by atoms with Gasteiger partial charge in [-0.25, -0.2) is 0 Å². The van der Waals surface area contributed by atoms with Gasteiger partial charge in [0.2, 0.25) is 0 Å². The molecule has 0 N–H and O–H groups in total. The third kappa shape index (κ3) is 2.69. The van der Waals surface area contributed by atoms with Gasteiger partial charge in [-0.1, -0.05) is 18.5 Å². The number of piperidine rings is 1. The van der Waals surface area contributed by atoms with Gasteiger partial charge < -0.3 is 4.90 Å². The number of nitrogens with zero attached hydrogens (tertiary/aromatic N) is 1. The molecule has 0 aliphatic carbocycles. The van der Waals surface area contributed by atoms with Crippen molar-refractivity contribution in [1.29, 1.82) is 0 Å². The Morgan fingerprint density at radius 1 is 1.33 bits per heavy atom. The lowest BCUT2D eigenvalue weighted by molar-refractivity contribution is 0.101. The lowest BCUT2D eigenvalue weighted by Crippen LogP contribution is -2.41. The van der Waals surface area contributed by atoms with Crippen LogP contribution in [0.25, 0.3) is 0 Å². The summed E-state index contributed by atoms with van der Waals surface area (Å²) in [5, 5.41) is 0.684. The molecule has 0 saturated carbocycles. The molecule has 0 bridgehead atoms. The predicted molar refractivity (Wildman–Crippen MR) is 76.7 cm³/mol. The van der Waals surface area contributed by atoms with Crippen LogP contribution in [0.1, 0.15) is 44.0 Å². The molecule has 2 nitrogen and oxygen atoms in total. The molecule has 98 valence electrons. The van der Waals surface area contributed by atoms with E-state index in [9.17, 15) is 4.79 Å². The van der Waals surface area contributed by atoms with Crippen molar-refractivity contribution in [3.8, 4) is 0 Å². The highest BCUT2D eigenvalue weighted by Crippen LogP contribution is 2.33. The molecule has 1 aliphatic rings. The molecular weight excluding hydrogens is 246 g/mol. The smallest absolute Gasteiger partial charge is 0.159 e. The van der Waals surface area contributed by atoms with Gasteiger partial charge in [0.25, 0.3) is 0 Å². The Morgan fingerprint density at radius 2 is 2.06 bits per heavy atom. The number of benzene rings is 1. The lowest BCUT2D eigenvalue weighted by atomic mass is 9.94. The van der Waals surface area contributed by atoms with Gasteiger partial charge in [0.1, 0.15) is 0 Å². The van der Waals surface area contributed by atoms with Gasteiger partial charge in [-0.3, -0.25) is 4.79 Å². The first kappa shape index (κ1) is 13.4. The minimum absolute atomic E-state index is 0.0588. The van der Waals surface area contributed by atoms with Crippen LogP contribution in [-0.2, 0) is 0 Å². The maximum absolute atomic E-state index is 11.3. The summed E-state index contributed by atoms with van der Waals surface area (Å²) in [4.78, 5) is 13.7. The summed E-state index contributed by atoms with van der Waals surface area (Å²) in [6, 6.07) is 6.15. The number of carbonyl (C=O) groups is 1. The summed E-state index contributed by atoms with van der Waals surface area (Å²) < 4.78 is 0. The zero-order valence-corrected chi connectivity index (χ0v) is 12.0. The molecule has 0 radical (unpaired) electrons. The van der Waals surface area contributed by atoms with Crippen molar-refractivity contribution in [2.24, 2.45) is 5.92 Å². The number of Topliss-reactive ketones (excluding diaryl/α,β-unsaturated/α-hetero) is 1. The summed E-state index contributed by atoms with van der Waals surface area (Å²) in [5.41, 5.74) is 1.74. The van der Waals surface area contributed by atoms with Crippen LogP contribution in [-0.4, -0.2) is 18.4 Å². The quantitative estimate of drug-likeness (QED) is 0.748. The number of anilines is 1. The minimum Gasteiger partial charge on any atom is -0.367 e. The third-order valence-corrected chi connectivity index (χ3v) is 4.08. The van der Waals surface area contributed by atoms with Gasteiger partial charge in [0, 0.05) is 18.2 Å². The standard InChI is InChI=1S/C15H20ClNO/c1-10-4-5-11(2)17(9-10)15-7-6-13(12(3)18)8-14(15)16/h6-8,10-11H,4-5,9H2,1-3H3. The van der Waals surface area contributed by atoms with Crippen LogP contribution in [0.3, 0.4) is 0 Å². The number of carbonyl (C=O) groups excluding carboxylic acids is 1. The minimum atomic E-state index is 0.0588. The van der Waals surface area contributed by atoms with Crippen molar-refractivity contribution in [3.63, 3.8) is 0 Å². The maximum atomic E-state index is 11.3. The number of rotatable bonds is 2. The van der Waals surface area contributed by atoms with Crippen LogP contribution >= 0.6 is 11.6 Å². The van der Waals surface area contributed by atoms with Crippen molar-refractivity contribution in [1.82, 2.24) is 0 Å². The van der Waals surface area contributed by atoms with Gasteiger partial charge in [-0.15, -0.1) is 0 Å². The number of hydrogen-bond acceptors (Lipinski definition) is 2. The zero-order valence-electron chi connectivity index (χ0n) is 11.2. The van der Waals surface area contributed by atoms with Crippen molar-refractivity contribution < 1.29 is 4.79 Å².